The second-order valence-corrected chi connectivity index (χ2v) is 16.2. The molecule has 2 aromatic carbocycles. The number of rotatable bonds is 9. The molecule has 2 aliphatic heterocycles. The number of ether oxygens (including phenoxy) is 4. The highest BCUT2D eigenvalue weighted by molar-refractivity contribution is 6.31. The number of methoxy groups -OCH3 is 1. The number of alkyl carbamates (subject to hydrolysis) is 1. The third-order valence-electron chi connectivity index (χ3n) is 12.1. The predicted molar refractivity (Wildman–Crippen MR) is 204 cm³/mol. The summed E-state index contributed by atoms with van der Waals surface area (Å²) < 4.78 is 23.1. The lowest BCUT2D eigenvalue weighted by Crippen LogP contribution is -2.56. The van der Waals surface area contributed by atoms with Gasteiger partial charge in [0.15, 0.2) is 17.9 Å². The number of fused-ring (bicyclic) bond motifs is 3. The Morgan fingerprint density at radius 2 is 1.72 bits per heavy atom. The smallest absolute Gasteiger partial charge is 0.408 e. The molecular formula is C42H46N2O17. The Kier molecular flexibility index (Phi) is 11.8. The highest BCUT2D eigenvalue weighted by atomic mass is 16.7. The molecular weight excluding hydrogens is 804 g/mol. The van der Waals surface area contributed by atoms with Gasteiger partial charge in [0, 0.05) is 48.8 Å². The second kappa shape index (κ2) is 16.6. The Balaban J connectivity index is 1.08. The van der Waals surface area contributed by atoms with Gasteiger partial charge in [-0.1, -0.05) is 18.2 Å². The molecule has 6 N–H and O–H groups in total. The van der Waals surface area contributed by atoms with Crippen molar-refractivity contribution in [3.05, 3.63) is 63.7 Å². The highest BCUT2D eigenvalue weighted by Gasteiger charge is 2.51. The van der Waals surface area contributed by atoms with Gasteiger partial charge >= 0.3 is 12.1 Å². The van der Waals surface area contributed by atoms with Crippen LogP contribution in [0.2, 0.25) is 0 Å². The van der Waals surface area contributed by atoms with Crippen molar-refractivity contribution < 1.29 is 82.9 Å². The van der Waals surface area contributed by atoms with E-state index in [0.717, 1.165) is 0 Å². The lowest BCUT2D eigenvalue weighted by atomic mass is 9.72. The number of aliphatic hydroxyl groups is 3. The number of nitrogens with zero attached hydrogens (tertiary/aromatic N) is 1. The van der Waals surface area contributed by atoms with Gasteiger partial charge in [0.1, 0.15) is 41.7 Å². The van der Waals surface area contributed by atoms with Crippen LogP contribution >= 0.6 is 0 Å². The number of carbonyl (C=O) groups is 7. The van der Waals surface area contributed by atoms with Gasteiger partial charge in [-0.25, -0.2) is 9.59 Å². The number of benzene rings is 2. The molecule has 19 nitrogen and oxygen atoms in total. The number of hydroxylamine groups is 2. The van der Waals surface area contributed by atoms with Gasteiger partial charge in [0.2, 0.25) is 5.78 Å². The quantitative estimate of drug-likeness (QED) is 0.102. The molecule has 19 heteroatoms. The first-order valence-corrected chi connectivity index (χ1v) is 19.9. The fourth-order valence-corrected chi connectivity index (χ4v) is 8.69. The van der Waals surface area contributed by atoms with Crippen molar-refractivity contribution >= 4 is 41.2 Å². The van der Waals surface area contributed by atoms with E-state index in [0.29, 0.717) is 11.5 Å². The molecule has 0 saturated carbocycles. The number of imide groups is 1. The van der Waals surface area contributed by atoms with Crippen LogP contribution in [0.5, 0.6) is 17.2 Å². The number of allylic oxidation sites excluding steroid dienone is 1. The van der Waals surface area contributed by atoms with Crippen LogP contribution in [0.25, 0.3) is 0 Å². The number of nitrogens with one attached hydrogen (secondary N) is 1. The van der Waals surface area contributed by atoms with E-state index in [9.17, 15) is 59.1 Å². The number of phenolic OH excluding ortho intramolecular Hbond substituents is 2. The molecule has 0 aromatic heterocycles. The summed E-state index contributed by atoms with van der Waals surface area (Å²) in [5.41, 5.74) is -5.33. The molecule has 2 fully saturated rings. The standard InChI is InChI=1S/C42H46N2O17/c1-19-34(49)23(43-40(55)59-20-7-5-13-41(2,14-6-8-20)39(54)61-44-27(47)11-12-28(44)48)15-29(58-19)60-25-17-42(56,26(46)18-45)16-22-31(25)38(53)33-32(36(22)51)35(50)21-9-4-10-24(57-3)30(21)37(33)52/h4-5,7,9-10,19-20,23,25,29,34,45,49,51,53,56H,6,8,11-18H2,1-3H3,(H,43,55)/b7-5+/t19?,20?,23-,25+,29?,34-,41?,42+/m1/s1. The number of aromatic hydroxyl groups is 2. The Hall–Kier alpha value is -5.73. The molecule has 326 valence electrons. The zero-order valence-electron chi connectivity index (χ0n) is 33.5. The molecule has 0 bridgehead atoms. The molecule has 3 amide bonds. The number of ketones is 3. The lowest BCUT2D eigenvalue weighted by molar-refractivity contribution is -0.249. The SMILES string of the molecule is COc1cccc2c1C(=O)c1c(O)c3c(c(O)c1C2=O)C[C@@](O)(C(=O)CO)C[C@@H]3OC1C[C@@H](NC(=O)OC2/C=C/CC(C)(C(=O)ON3C(=O)CCC3=O)CCC2)[C@H](O)C(C)O1. The second-order valence-electron chi connectivity index (χ2n) is 16.2. The molecule has 8 atom stereocenters. The fourth-order valence-electron chi connectivity index (χ4n) is 8.69. The van der Waals surface area contributed by atoms with E-state index in [-0.39, 0.29) is 66.5 Å². The monoisotopic (exact) mass is 850 g/mol. The number of hydrogen-bond donors (Lipinski definition) is 6. The number of hydrogen-bond acceptors (Lipinski definition) is 17. The summed E-state index contributed by atoms with van der Waals surface area (Å²) in [6, 6.07) is 3.20. The van der Waals surface area contributed by atoms with Gasteiger partial charge in [-0.3, -0.25) is 24.0 Å². The van der Waals surface area contributed by atoms with Crippen molar-refractivity contribution in [3.8, 4) is 17.2 Å². The van der Waals surface area contributed by atoms with E-state index in [1.165, 1.54) is 32.2 Å². The van der Waals surface area contributed by atoms with E-state index >= 15 is 0 Å². The normalized spacial score (nSPS) is 30.3. The molecule has 0 spiro atoms. The summed E-state index contributed by atoms with van der Waals surface area (Å²) >= 11 is 0. The molecule has 4 unspecified atom stereocenters. The van der Waals surface area contributed by atoms with Crippen LogP contribution in [0.3, 0.4) is 0 Å². The van der Waals surface area contributed by atoms with Crippen LogP contribution in [-0.4, -0.2) is 122 Å². The van der Waals surface area contributed by atoms with Crippen molar-refractivity contribution in [3.63, 3.8) is 0 Å². The van der Waals surface area contributed by atoms with E-state index < -0.39 is 131 Å². The van der Waals surface area contributed by atoms with Gasteiger partial charge in [-0.2, -0.15) is 0 Å². The van der Waals surface area contributed by atoms with Gasteiger partial charge in [-0.15, -0.1) is 5.06 Å². The Bertz CT molecular complexity index is 2220. The van der Waals surface area contributed by atoms with Crippen molar-refractivity contribution in [2.75, 3.05) is 13.7 Å². The van der Waals surface area contributed by atoms with Crippen LogP contribution in [0.4, 0.5) is 4.79 Å². The topological polar surface area (TPSA) is 282 Å². The molecule has 2 saturated heterocycles. The molecule has 61 heavy (non-hydrogen) atoms. The van der Waals surface area contributed by atoms with E-state index in [2.05, 4.69) is 5.32 Å². The summed E-state index contributed by atoms with van der Waals surface area (Å²) in [6.45, 7) is 2.03. The minimum absolute atomic E-state index is 0.0360. The first-order valence-electron chi connectivity index (χ1n) is 19.9. The van der Waals surface area contributed by atoms with Crippen molar-refractivity contribution in [2.24, 2.45) is 5.41 Å². The van der Waals surface area contributed by atoms with Crippen LogP contribution in [0.15, 0.2) is 30.4 Å². The number of carbonyl (C=O) groups excluding carboxylic acids is 7. The molecule has 2 aromatic rings. The summed E-state index contributed by atoms with van der Waals surface area (Å²) in [6.07, 6.45) is -4.05. The van der Waals surface area contributed by atoms with E-state index in [4.69, 9.17) is 23.8 Å². The van der Waals surface area contributed by atoms with Crippen molar-refractivity contribution in [1.29, 1.82) is 0 Å². The van der Waals surface area contributed by atoms with Crippen LogP contribution in [0.1, 0.15) is 114 Å². The largest absolute Gasteiger partial charge is 0.507 e. The molecule has 5 aliphatic rings. The Labute approximate surface area is 348 Å². The van der Waals surface area contributed by atoms with Gasteiger partial charge in [0.05, 0.1) is 47.5 Å². The van der Waals surface area contributed by atoms with Gasteiger partial charge in [-0.05, 0) is 51.7 Å². The van der Waals surface area contributed by atoms with Crippen LogP contribution in [-0.2, 0) is 44.6 Å². The molecule has 2 heterocycles. The van der Waals surface area contributed by atoms with Gasteiger partial charge < -0.3 is 54.6 Å². The third-order valence-corrected chi connectivity index (χ3v) is 12.1. The zero-order chi connectivity index (χ0) is 44.1. The highest BCUT2D eigenvalue weighted by Crippen LogP contribution is 2.52. The van der Waals surface area contributed by atoms with E-state index in [1.807, 2.05) is 0 Å². The minimum atomic E-state index is -2.39. The Morgan fingerprint density at radius 3 is 2.41 bits per heavy atom. The summed E-state index contributed by atoms with van der Waals surface area (Å²) in [7, 11) is 1.29. The molecule has 7 rings (SSSR count). The summed E-state index contributed by atoms with van der Waals surface area (Å²) in [5.74, 6) is -6.16. The number of amides is 3. The lowest BCUT2D eigenvalue weighted by Gasteiger charge is -2.42. The van der Waals surface area contributed by atoms with Crippen LogP contribution in [0, 0.1) is 5.41 Å². The summed E-state index contributed by atoms with van der Waals surface area (Å²) in [5, 5.41) is 59.0. The maximum absolute atomic E-state index is 14.0. The van der Waals surface area contributed by atoms with Crippen molar-refractivity contribution in [1.82, 2.24) is 10.4 Å². The molecule has 3 aliphatic carbocycles. The minimum Gasteiger partial charge on any atom is -0.507 e. The van der Waals surface area contributed by atoms with Gasteiger partial charge in [0.25, 0.3) is 11.8 Å². The van der Waals surface area contributed by atoms with E-state index in [1.54, 1.807) is 19.1 Å². The zero-order valence-corrected chi connectivity index (χ0v) is 33.5. The first-order chi connectivity index (χ1) is 28.9. The number of Topliss-reactive ketones (excluding diaryl/α,β-unsaturated/α-hetero) is 1. The van der Waals surface area contributed by atoms with Crippen LogP contribution < -0.4 is 10.1 Å². The molecule has 0 radical (unpaired) electrons. The first kappa shape index (κ1) is 43.4. The fraction of sp³-hybridized carbons (Fsp3) is 0.500. The third kappa shape index (κ3) is 7.87. The summed E-state index contributed by atoms with van der Waals surface area (Å²) in [4.78, 5) is 96.1. The number of aliphatic hydroxyl groups excluding tert-OH is 2. The predicted octanol–water partition coefficient (Wildman–Crippen LogP) is 1.88. The average Bonchev–Trinajstić information content (AvgIpc) is 3.53. The maximum Gasteiger partial charge on any atom is 0.408 e. The average molecular weight is 851 g/mol. The number of phenols is 2. The maximum atomic E-state index is 14.0. The van der Waals surface area contributed by atoms with Crippen molar-refractivity contribution in [2.45, 2.75) is 114 Å². The Morgan fingerprint density at radius 1 is 1.02 bits per heavy atom.